The molecular weight excluding hydrogens is 580 g/mol. The lowest BCUT2D eigenvalue weighted by Gasteiger charge is -2.27. The van der Waals surface area contributed by atoms with Crippen LogP contribution in [0.15, 0.2) is 42.7 Å². The molecule has 0 aliphatic carbocycles. The van der Waals surface area contributed by atoms with Gasteiger partial charge in [-0.15, -0.1) is 0 Å². The third-order valence-corrected chi connectivity index (χ3v) is 7.84. The fourth-order valence-corrected chi connectivity index (χ4v) is 5.37. The van der Waals surface area contributed by atoms with Crippen molar-refractivity contribution in [1.82, 2.24) is 29.5 Å². The monoisotopic (exact) mass is 611 g/mol. The van der Waals surface area contributed by atoms with Crippen molar-refractivity contribution in [2.75, 3.05) is 45.2 Å². The first-order valence-corrected chi connectivity index (χ1v) is 14.2. The summed E-state index contributed by atoms with van der Waals surface area (Å²) >= 11 is 6.39. The van der Waals surface area contributed by atoms with E-state index in [2.05, 4.69) is 20.7 Å². The maximum atomic E-state index is 15.4. The van der Waals surface area contributed by atoms with Crippen molar-refractivity contribution >= 4 is 29.1 Å². The lowest BCUT2D eigenvalue weighted by Crippen LogP contribution is -2.46. The fourth-order valence-electron chi connectivity index (χ4n) is 5.11. The largest absolute Gasteiger partial charge is 0.385 e. The molecule has 1 saturated heterocycles. The first-order valence-electron chi connectivity index (χ1n) is 13.8. The lowest BCUT2D eigenvalue weighted by atomic mass is 10.0. The summed E-state index contributed by atoms with van der Waals surface area (Å²) < 4.78 is 39.0. The number of aromatic nitrogens is 4. The molecule has 2 N–H and O–H groups in total. The average molecular weight is 612 g/mol. The molecule has 2 aromatic carbocycles. The number of benzene rings is 2. The number of nitrogens with zero attached hydrogens (tertiary/aromatic N) is 5. The van der Waals surface area contributed by atoms with Crippen LogP contribution in [0.1, 0.15) is 33.1 Å². The Bertz CT molecular complexity index is 1660. The molecule has 43 heavy (non-hydrogen) atoms. The van der Waals surface area contributed by atoms with Crippen LogP contribution in [0.2, 0.25) is 5.02 Å². The molecule has 2 amide bonds. The summed E-state index contributed by atoms with van der Waals surface area (Å²) in [7, 11) is 3.16. The van der Waals surface area contributed by atoms with Gasteiger partial charge in [-0.2, -0.15) is 5.10 Å². The molecule has 1 fully saturated rings. The van der Waals surface area contributed by atoms with Crippen molar-refractivity contribution in [1.29, 1.82) is 0 Å². The Morgan fingerprint density at radius 1 is 1.07 bits per heavy atom. The van der Waals surface area contributed by atoms with Gasteiger partial charge in [-0.05, 0) is 37.6 Å². The lowest BCUT2D eigenvalue weighted by molar-refractivity contribution is 0.0736. The molecule has 0 spiro atoms. The Labute approximate surface area is 252 Å². The molecule has 1 aliphatic heterocycles. The molecule has 13 heteroatoms. The molecular formula is C30H32ClF2N7O3. The summed E-state index contributed by atoms with van der Waals surface area (Å²) in [4.78, 5) is 31.8. The smallest absolute Gasteiger partial charge is 0.291 e. The van der Waals surface area contributed by atoms with Crippen molar-refractivity contribution in [3.8, 4) is 22.4 Å². The van der Waals surface area contributed by atoms with E-state index in [0.29, 0.717) is 61.8 Å². The van der Waals surface area contributed by atoms with Gasteiger partial charge < -0.3 is 24.8 Å². The van der Waals surface area contributed by atoms with Crippen LogP contribution in [0.4, 0.5) is 14.5 Å². The van der Waals surface area contributed by atoms with E-state index >= 15 is 8.78 Å². The molecule has 0 saturated carbocycles. The number of halogens is 3. The molecule has 5 rings (SSSR count). The van der Waals surface area contributed by atoms with E-state index < -0.39 is 17.5 Å². The molecule has 3 heterocycles. The van der Waals surface area contributed by atoms with E-state index in [1.54, 1.807) is 42.8 Å². The van der Waals surface area contributed by atoms with E-state index in [1.165, 1.54) is 35.2 Å². The first-order chi connectivity index (χ1) is 20.7. The van der Waals surface area contributed by atoms with Crippen molar-refractivity contribution < 1.29 is 23.1 Å². The number of aryl methyl sites for hydroxylation is 1. The van der Waals surface area contributed by atoms with E-state index in [-0.39, 0.29) is 33.6 Å². The molecule has 0 unspecified atom stereocenters. The minimum atomic E-state index is -1.06. The molecule has 2 aromatic heterocycles. The van der Waals surface area contributed by atoms with Crippen molar-refractivity contribution in [2.24, 2.45) is 7.05 Å². The normalized spacial score (nSPS) is 13.4. The number of amides is 2. The Morgan fingerprint density at radius 3 is 2.51 bits per heavy atom. The second-order valence-electron chi connectivity index (χ2n) is 10.2. The van der Waals surface area contributed by atoms with Gasteiger partial charge in [0.05, 0.1) is 28.7 Å². The van der Waals surface area contributed by atoms with Gasteiger partial charge in [-0.1, -0.05) is 17.7 Å². The quantitative estimate of drug-likeness (QED) is 0.270. The van der Waals surface area contributed by atoms with E-state index in [9.17, 15) is 9.59 Å². The number of hydrogen-bond donors (Lipinski definition) is 2. The van der Waals surface area contributed by atoms with Crippen molar-refractivity contribution in [3.63, 3.8) is 0 Å². The number of rotatable bonds is 9. The zero-order valence-corrected chi connectivity index (χ0v) is 24.8. The number of ether oxygens (including phenoxy) is 1. The maximum Gasteiger partial charge on any atom is 0.291 e. The highest BCUT2D eigenvalue weighted by atomic mass is 35.5. The second-order valence-corrected chi connectivity index (χ2v) is 10.6. The summed E-state index contributed by atoms with van der Waals surface area (Å²) in [6, 6.07) is 7.60. The standard InChI is InChI=1S/C30H32ClF2N7O3/c1-18-23(16-36-40(18)11-4-14-43-3)20-7-8-22(27(33)26(20)32)25-17-35-28(38(25)2)29(41)37-19-5-6-21(24(31)15-19)30(42)39-12-9-34-10-13-39/h5-8,15-17,34H,4,9-14H2,1-3H3,(H,37,41). The van der Waals surface area contributed by atoms with Gasteiger partial charge in [-0.25, -0.2) is 13.8 Å². The van der Waals surface area contributed by atoms with Crippen LogP contribution < -0.4 is 10.6 Å². The highest BCUT2D eigenvalue weighted by molar-refractivity contribution is 6.34. The number of hydrogen-bond acceptors (Lipinski definition) is 6. The highest BCUT2D eigenvalue weighted by Crippen LogP contribution is 2.33. The van der Waals surface area contributed by atoms with Crippen LogP contribution in [-0.2, 0) is 18.3 Å². The molecule has 0 bridgehead atoms. The predicted octanol–water partition coefficient (Wildman–Crippen LogP) is 4.52. The topological polar surface area (TPSA) is 106 Å². The Hall–Kier alpha value is -4.13. The van der Waals surface area contributed by atoms with Crippen LogP contribution in [0.25, 0.3) is 22.4 Å². The van der Waals surface area contributed by atoms with Gasteiger partial charge in [-0.3, -0.25) is 14.3 Å². The SMILES string of the molecule is COCCCn1ncc(-c2ccc(-c3cnc(C(=O)Nc4ccc(C(=O)N5CCNCC5)c(Cl)c4)n3C)c(F)c2F)c1C. The number of anilines is 1. The summed E-state index contributed by atoms with van der Waals surface area (Å²) in [6.45, 7) is 5.55. The highest BCUT2D eigenvalue weighted by Gasteiger charge is 2.24. The molecule has 1 aliphatic rings. The Morgan fingerprint density at radius 2 is 1.79 bits per heavy atom. The fraction of sp³-hybridized carbons (Fsp3) is 0.333. The van der Waals surface area contributed by atoms with Gasteiger partial charge >= 0.3 is 0 Å². The van der Waals surface area contributed by atoms with E-state index in [4.69, 9.17) is 16.3 Å². The molecule has 226 valence electrons. The van der Waals surface area contributed by atoms with Crippen LogP contribution in [-0.4, -0.2) is 75.9 Å². The number of methoxy groups -OCH3 is 1. The number of carbonyl (C=O) groups is 2. The molecule has 0 atom stereocenters. The van der Waals surface area contributed by atoms with Crippen LogP contribution in [0.5, 0.6) is 0 Å². The third-order valence-electron chi connectivity index (χ3n) is 7.52. The summed E-state index contributed by atoms with van der Waals surface area (Å²) in [5.41, 5.74) is 2.17. The number of imidazole rings is 1. The zero-order chi connectivity index (χ0) is 30.7. The molecule has 4 aromatic rings. The summed E-state index contributed by atoms with van der Waals surface area (Å²) in [5.74, 6) is -2.86. The number of piperazine rings is 1. The van der Waals surface area contributed by atoms with Gasteiger partial charge in [0, 0.05) is 81.6 Å². The third kappa shape index (κ3) is 6.17. The van der Waals surface area contributed by atoms with Gasteiger partial charge in [0.2, 0.25) is 0 Å². The minimum Gasteiger partial charge on any atom is -0.385 e. The van der Waals surface area contributed by atoms with Gasteiger partial charge in [0.25, 0.3) is 11.8 Å². The zero-order valence-electron chi connectivity index (χ0n) is 24.1. The maximum absolute atomic E-state index is 15.4. The van der Waals surface area contributed by atoms with Crippen LogP contribution >= 0.6 is 11.6 Å². The summed E-state index contributed by atoms with van der Waals surface area (Å²) in [5, 5.41) is 10.4. The summed E-state index contributed by atoms with van der Waals surface area (Å²) in [6.07, 6.45) is 3.57. The first kappa shape index (κ1) is 30.3. The van der Waals surface area contributed by atoms with Crippen LogP contribution in [0, 0.1) is 18.6 Å². The van der Waals surface area contributed by atoms with Gasteiger partial charge in [0.1, 0.15) is 0 Å². The average Bonchev–Trinajstić information content (AvgIpc) is 3.56. The second kappa shape index (κ2) is 13.0. The van der Waals surface area contributed by atoms with E-state index in [1.807, 2.05) is 0 Å². The Balaban J connectivity index is 1.33. The molecule has 0 radical (unpaired) electrons. The van der Waals surface area contributed by atoms with Gasteiger partial charge in [0.15, 0.2) is 17.5 Å². The molecule has 10 nitrogen and oxygen atoms in total. The predicted molar refractivity (Wildman–Crippen MR) is 159 cm³/mol. The number of nitrogens with one attached hydrogen (secondary N) is 2. The van der Waals surface area contributed by atoms with Crippen LogP contribution in [0.3, 0.4) is 0 Å². The van der Waals surface area contributed by atoms with Crippen molar-refractivity contribution in [3.05, 3.63) is 76.5 Å². The Kier molecular flexibility index (Phi) is 9.19. The van der Waals surface area contributed by atoms with Crippen molar-refractivity contribution in [2.45, 2.75) is 19.9 Å². The number of carbonyl (C=O) groups excluding carboxylic acids is 2. The minimum absolute atomic E-state index is 0.0239. The van der Waals surface area contributed by atoms with E-state index in [0.717, 1.165) is 6.42 Å².